The molecule has 1 aromatic rings. The molecule has 0 fully saturated rings. The number of carbonyl (C=O) groups excluding carboxylic acids is 1. The molecule has 18 heavy (non-hydrogen) atoms. The van der Waals surface area contributed by atoms with E-state index in [4.69, 9.17) is 15.7 Å². The summed E-state index contributed by atoms with van der Waals surface area (Å²) in [6.07, 6.45) is 0. The van der Waals surface area contributed by atoms with Crippen LogP contribution in [0.15, 0.2) is 29.4 Å². The minimum Gasteiger partial charge on any atom is -0.486 e. The normalized spacial score (nSPS) is 10.8. The lowest BCUT2D eigenvalue weighted by molar-refractivity contribution is 0.252. The molecule has 5 N–H and O–H groups in total. The fourth-order valence-corrected chi connectivity index (χ4v) is 1.16. The number of urea groups is 1. The molecule has 0 saturated heterocycles. The number of hydrogen-bond acceptors (Lipinski definition) is 4. The summed E-state index contributed by atoms with van der Waals surface area (Å²) in [4.78, 5) is 11.2. The summed E-state index contributed by atoms with van der Waals surface area (Å²) < 4.78 is 5.22. The van der Waals surface area contributed by atoms with Gasteiger partial charge in [0, 0.05) is 12.2 Å². The molecular formula is C11H16N4O3. The summed E-state index contributed by atoms with van der Waals surface area (Å²) in [6, 6.07) is 6.47. The predicted octanol–water partition coefficient (Wildman–Crippen LogP) is 0.953. The third-order valence-electron chi connectivity index (χ3n) is 1.96. The molecule has 0 aliphatic carbocycles. The molecule has 1 rings (SSSR count). The first-order valence-corrected chi connectivity index (χ1v) is 5.39. The summed E-state index contributed by atoms with van der Waals surface area (Å²) in [6.45, 7) is 2.40. The number of rotatable bonds is 5. The van der Waals surface area contributed by atoms with E-state index in [-0.39, 0.29) is 18.5 Å². The zero-order valence-electron chi connectivity index (χ0n) is 10.0. The molecule has 98 valence electrons. The molecule has 0 aromatic heterocycles. The van der Waals surface area contributed by atoms with E-state index in [1.54, 1.807) is 24.3 Å². The molecule has 2 amide bonds. The number of ether oxygens (including phenoxy) is 1. The smallest absolute Gasteiger partial charge is 0.319 e. The van der Waals surface area contributed by atoms with Crippen molar-refractivity contribution in [3.8, 4) is 5.75 Å². The van der Waals surface area contributed by atoms with Crippen molar-refractivity contribution in [1.82, 2.24) is 5.32 Å². The van der Waals surface area contributed by atoms with Crippen molar-refractivity contribution in [3.63, 3.8) is 0 Å². The zero-order valence-corrected chi connectivity index (χ0v) is 10.0. The second-order valence-corrected chi connectivity index (χ2v) is 3.39. The Kier molecular flexibility index (Phi) is 5.30. The number of nitrogens with one attached hydrogen (secondary N) is 2. The molecule has 7 heteroatoms. The Morgan fingerprint density at radius 3 is 2.67 bits per heavy atom. The van der Waals surface area contributed by atoms with Crippen LogP contribution in [0, 0.1) is 0 Å². The molecule has 0 atom stereocenters. The van der Waals surface area contributed by atoms with E-state index in [0.29, 0.717) is 18.0 Å². The highest BCUT2D eigenvalue weighted by atomic mass is 16.5. The van der Waals surface area contributed by atoms with Crippen LogP contribution in [0.25, 0.3) is 0 Å². The average Bonchev–Trinajstić information content (AvgIpc) is 2.37. The van der Waals surface area contributed by atoms with Crippen molar-refractivity contribution < 1.29 is 14.7 Å². The Morgan fingerprint density at radius 2 is 2.11 bits per heavy atom. The van der Waals surface area contributed by atoms with Gasteiger partial charge in [-0.05, 0) is 31.2 Å². The zero-order chi connectivity index (χ0) is 13.4. The Bertz CT molecular complexity index is 417. The van der Waals surface area contributed by atoms with Gasteiger partial charge < -0.3 is 26.3 Å². The number of anilines is 1. The van der Waals surface area contributed by atoms with Crippen molar-refractivity contribution >= 4 is 17.6 Å². The fourth-order valence-electron chi connectivity index (χ4n) is 1.16. The fraction of sp³-hybridized carbons (Fsp3) is 0.273. The number of amidine groups is 1. The summed E-state index contributed by atoms with van der Waals surface area (Å²) in [7, 11) is 0. The topological polar surface area (TPSA) is 109 Å². The monoisotopic (exact) mass is 252 g/mol. The lowest BCUT2D eigenvalue weighted by Gasteiger charge is -2.08. The van der Waals surface area contributed by atoms with Gasteiger partial charge in [0.25, 0.3) is 0 Å². The molecule has 0 aliphatic heterocycles. The van der Waals surface area contributed by atoms with Gasteiger partial charge in [0.05, 0.1) is 0 Å². The summed E-state index contributed by atoms with van der Waals surface area (Å²) in [5.74, 6) is 0.544. The third kappa shape index (κ3) is 4.60. The number of nitrogens with zero attached hydrogens (tertiary/aromatic N) is 1. The number of carbonyl (C=O) groups is 1. The van der Waals surface area contributed by atoms with Gasteiger partial charge in [0.15, 0.2) is 5.84 Å². The standard InChI is InChI=1S/C11H16N4O3/c1-2-13-11(16)14-8-3-5-9(6-4-8)18-7-10(12)15-17/h3-6,17H,2,7H2,1H3,(H2,12,15)(H2,13,14,16). The minimum absolute atomic E-state index is 0.000401. The third-order valence-corrected chi connectivity index (χ3v) is 1.96. The van der Waals surface area contributed by atoms with Crippen LogP contribution >= 0.6 is 0 Å². The first-order valence-electron chi connectivity index (χ1n) is 5.39. The van der Waals surface area contributed by atoms with E-state index < -0.39 is 0 Å². The van der Waals surface area contributed by atoms with Crippen LogP contribution in [-0.4, -0.2) is 30.2 Å². The molecule has 0 saturated carbocycles. The summed E-state index contributed by atoms with van der Waals surface area (Å²) >= 11 is 0. The maximum Gasteiger partial charge on any atom is 0.319 e. The van der Waals surface area contributed by atoms with E-state index in [1.165, 1.54) is 0 Å². The van der Waals surface area contributed by atoms with Crippen LogP contribution in [0.1, 0.15) is 6.92 Å². The van der Waals surface area contributed by atoms with Gasteiger partial charge in [-0.2, -0.15) is 0 Å². The van der Waals surface area contributed by atoms with Gasteiger partial charge in [-0.1, -0.05) is 5.16 Å². The number of oxime groups is 1. The average molecular weight is 252 g/mol. The molecule has 0 heterocycles. The van der Waals surface area contributed by atoms with E-state index in [9.17, 15) is 4.79 Å². The minimum atomic E-state index is -0.261. The highest BCUT2D eigenvalue weighted by molar-refractivity contribution is 5.89. The van der Waals surface area contributed by atoms with E-state index in [1.807, 2.05) is 6.92 Å². The SMILES string of the molecule is CCNC(=O)Nc1ccc(OC/C(N)=N/O)cc1. The quantitative estimate of drug-likeness (QED) is 0.271. The molecule has 0 unspecified atom stereocenters. The summed E-state index contributed by atoms with van der Waals surface area (Å²) in [5, 5.41) is 16.4. The van der Waals surface area contributed by atoms with Crippen LogP contribution in [-0.2, 0) is 0 Å². The van der Waals surface area contributed by atoms with Gasteiger partial charge in [0.1, 0.15) is 12.4 Å². The number of benzene rings is 1. The van der Waals surface area contributed by atoms with Crippen LogP contribution in [0.2, 0.25) is 0 Å². The number of amides is 2. The number of nitrogens with two attached hydrogens (primary N) is 1. The lowest BCUT2D eigenvalue weighted by atomic mass is 10.3. The second kappa shape index (κ2) is 7.00. The maximum absolute atomic E-state index is 11.2. The van der Waals surface area contributed by atoms with Crippen molar-refractivity contribution in [2.75, 3.05) is 18.5 Å². The first kappa shape index (κ1) is 13.6. The first-order chi connectivity index (χ1) is 8.65. The van der Waals surface area contributed by atoms with E-state index >= 15 is 0 Å². The van der Waals surface area contributed by atoms with Crippen molar-refractivity contribution in [2.45, 2.75) is 6.92 Å². The molecule has 0 aliphatic rings. The van der Waals surface area contributed by atoms with Crippen molar-refractivity contribution in [3.05, 3.63) is 24.3 Å². The van der Waals surface area contributed by atoms with Gasteiger partial charge in [-0.25, -0.2) is 4.79 Å². The van der Waals surface area contributed by atoms with Crippen molar-refractivity contribution in [1.29, 1.82) is 0 Å². The number of hydrogen-bond donors (Lipinski definition) is 4. The highest BCUT2D eigenvalue weighted by Crippen LogP contribution is 2.15. The molecule has 0 radical (unpaired) electrons. The van der Waals surface area contributed by atoms with Gasteiger partial charge in [-0.15, -0.1) is 0 Å². The van der Waals surface area contributed by atoms with Crippen LogP contribution < -0.4 is 21.1 Å². The molecule has 1 aromatic carbocycles. The van der Waals surface area contributed by atoms with E-state index in [0.717, 1.165) is 0 Å². The molecule has 0 bridgehead atoms. The van der Waals surface area contributed by atoms with Crippen LogP contribution in [0.3, 0.4) is 0 Å². The van der Waals surface area contributed by atoms with E-state index in [2.05, 4.69) is 15.8 Å². The Balaban J connectivity index is 2.49. The second-order valence-electron chi connectivity index (χ2n) is 3.39. The van der Waals surface area contributed by atoms with Gasteiger partial charge >= 0.3 is 6.03 Å². The van der Waals surface area contributed by atoms with Crippen LogP contribution in [0.4, 0.5) is 10.5 Å². The maximum atomic E-state index is 11.2. The predicted molar refractivity (Wildman–Crippen MR) is 68.0 cm³/mol. The highest BCUT2D eigenvalue weighted by Gasteiger charge is 2.01. The van der Waals surface area contributed by atoms with Crippen LogP contribution in [0.5, 0.6) is 5.75 Å². The van der Waals surface area contributed by atoms with Gasteiger partial charge in [-0.3, -0.25) is 0 Å². The van der Waals surface area contributed by atoms with Gasteiger partial charge in [0.2, 0.25) is 0 Å². The lowest BCUT2D eigenvalue weighted by Crippen LogP contribution is -2.28. The molecule has 0 spiro atoms. The molecular weight excluding hydrogens is 236 g/mol. The Morgan fingerprint density at radius 1 is 1.44 bits per heavy atom. The summed E-state index contributed by atoms with van der Waals surface area (Å²) in [5.41, 5.74) is 5.91. The Hall–Kier alpha value is -2.44. The molecule has 7 nitrogen and oxygen atoms in total. The largest absolute Gasteiger partial charge is 0.486 e. The van der Waals surface area contributed by atoms with Crippen molar-refractivity contribution in [2.24, 2.45) is 10.9 Å². The Labute approximate surface area is 105 Å².